The zero-order valence-corrected chi connectivity index (χ0v) is 21.8. The number of allylic oxidation sites excluding steroid dienone is 3. The number of hydrogen-bond acceptors (Lipinski definition) is 9. The molecule has 9 nitrogen and oxygen atoms in total. The first-order valence-corrected chi connectivity index (χ1v) is 12.7. The molecule has 5 unspecified atom stereocenters. The van der Waals surface area contributed by atoms with Gasteiger partial charge in [-0.15, -0.1) is 0 Å². The molecular formula is C27H42O9. The lowest BCUT2D eigenvalue weighted by Gasteiger charge is -2.39. The van der Waals surface area contributed by atoms with Crippen LogP contribution in [-0.2, 0) is 23.8 Å². The minimum absolute atomic E-state index is 0.0198. The lowest BCUT2D eigenvalue weighted by Crippen LogP contribution is -2.57. The third-order valence-corrected chi connectivity index (χ3v) is 7.01. The maximum Gasteiger partial charge on any atom is 0.330 e. The molecule has 1 fully saturated rings. The lowest BCUT2D eigenvalue weighted by molar-refractivity contribution is -0.295. The largest absolute Gasteiger partial charge is 0.459 e. The number of ether oxygens (including phenoxy) is 3. The van der Waals surface area contributed by atoms with Gasteiger partial charge in [-0.1, -0.05) is 52.0 Å². The van der Waals surface area contributed by atoms with Crippen molar-refractivity contribution >= 4 is 11.8 Å². The molecule has 2 rings (SSSR count). The fourth-order valence-electron chi connectivity index (χ4n) is 4.50. The van der Waals surface area contributed by atoms with Crippen LogP contribution in [0.3, 0.4) is 0 Å². The first kappa shape index (κ1) is 30.3. The van der Waals surface area contributed by atoms with Gasteiger partial charge in [0.1, 0.15) is 24.4 Å². The van der Waals surface area contributed by atoms with E-state index < -0.39 is 54.8 Å². The second kappa shape index (κ2) is 14.2. The molecule has 0 aromatic rings. The van der Waals surface area contributed by atoms with E-state index >= 15 is 0 Å². The van der Waals surface area contributed by atoms with Crippen LogP contribution in [0, 0.1) is 23.7 Å². The molecule has 36 heavy (non-hydrogen) atoms. The number of esters is 1. The number of cyclic esters (lactones) is 1. The first-order valence-electron chi connectivity index (χ1n) is 12.7. The number of carbonyl (C=O) groups excluding carboxylic acids is 2. The topological polar surface area (TPSA) is 143 Å². The smallest absolute Gasteiger partial charge is 0.330 e. The Bertz CT molecular complexity index is 807. The molecule has 11 atom stereocenters. The van der Waals surface area contributed by atoms with Crippen LogP contribution >= 0.6 is 0 Å². The van der Waals surface area contributed by atoms with Crippen LogP contribution in [-0.4, -0.2) is 81.7 Å². The highest BCUT2D eigenvalue weighted by Gasteiger charge is 2.42. The van der Waals surface area contributed by atoms with E-state index in [-0.39, 0.29) is 30.1 Å². The van der Waals surface area contributed by atoms with Crippen molar-refractivity contribution in [3.63, 3.8) is 0 Å². The zero-order valence-electron chi connectivity index (χ0n) is 21.8. The molecule has 0 aromatic heterocycles. The summed E-state index contributed by atoms with van der Waals surface area (Å²) in [6.45, 7) is 8.91. The molecule has 0 amide bonds. The van der Waals surface area contributed by atoms with Gasteiger partial charge in [-0.2, -0.15) is 0 Å². The molecule has 0 aliphatic carbocycles. The molecule has 4 N–H and O–H groups in total. The summed E-state index contributed by atoms with van der Waals surface area (Å²) in [6.07, 6.45) is 3.04. The van der Waals surface area contributed by atoms with Gasteiger partial charge in [0.25, 0.3) is 0 Å². The Balaban J connectivity index is 2.24. The maximum absolute atomic E-state index is 12.6. The zero-order chi connectivity index (χ0) is 27.0. The molecule has 2 aliphatic rings. The van der Waals surface area contributed by atoms with Crippen LogP contribution in [0.1, 0.15) is 47.5 Å². The fraction of sp³-hybridized carbons (Fsp3) is 0.704. The van der Waals surface area contributed by atoms with Crippen molar-refractivity contribution in [2.75, 3.05) is 6.61 Å². The Labute approximate surface area is 213 Å². The molecule has 0 saturated carbocycles. The van der Waals surface area contributed by atoms with Gasteiger partial charge < -0.3 is 34.6 Å². The van der Waals surface area contributed by atoms with Crippen LogP contribution in [0.4, 0.5) is 0 Å². The van der Waals surface area contributed by atoms with E-state index in [2.05, 4.69) is 0 Å². The van der Waals surface area contributed by atoms with Crippen LogP contribution in [0.2, 0.25) is 0 Å². The van der Waals surface area contributed by atoms with Crippen molar-refractivity contribution in [2.45, 2.75) is 90.4 Å². The van der Waals surface area contributed by atoms with Crippen LogP contribution < -0.4 is 0 Å². The number of aliphatic hydroxyl groups is 4. The quantitative estimate of drug-likeness (QED) is 0.415. The Morgan fingerprint density at radius 1 is 0.917 bits per heavy atom. The van der Waals surface area contributed by atoms with E-state index in [1.54, 1.807) is 38.2 Å². The van der Waals surface area contributed by atoms with Crippen LogP contribution in [0.15, 0.2) is 36.5 Å². The normalized spacial score (nSPS) is 44.0. The summed E-state index contributed by atoms with van der Waals surface area (Å²) in [5, 5.41) is 40.8. The van der Waals surface area contributed by atoms with Crippen molar-refractivity contribution < 1.29 is 44.2 Å². The average Bonchev–Trinajstić information content (AvgIpc) is 2.85. The number of hydrogen-bond donors (Lipinski definition) is 4. The molecule has 2 aliphatic heterocycles. The standard InChI is InChI=1S/C27H42O9/c1-6-21-19(14-34-27-26(33)25(32)24(31)18(5)35-27)9-7-8-10-20(28)16(3)13-17(4)23(30)15(2)11-12-22(29)36-21/h7-12,15-19,21,23-27,30-33H,6,13-14H2,1-5H3/b9-7+,10-8+,12-11+/t15-,16+,17-,18?,19+,21+,23+,24?,25?,26?,27?/m0/s1. The lowest BCUT2D eigenvalue weighted by atomic mass is 9.85. The van der Waals surface area contributed by atoms with Crippen molar-refractivity contribution in [3.05, 3.63) is 36.5 Å². The molecule has 0 aromatic carbocycles. The molecule has 0 spiro atoms. The van der Waals surface area contributed by atoms with E-state index in [1.165, 1.54) is 12.2 Å². The number of carbonyl (C=O) groups is 2. The second-order valence-corrected chi connectivity index (χ2v) is 10.0. The van der Waals surface area contributed by atoms with Gasteiger partial charge in [0.2, 0.25) is 0 Å². The van der Waals surface area contributed by atoms with Gasteiger partial charge in [0, 0.05) is 23.8 Å². The van der Waals surface area contributed by atoms with E-state index in [0.29, 0.717) is 12.8 Å². The third-order valence-electron chi connectivity index (χ3n) is 7.01. The average molecular weight is 511 g/mol. The first-order chi connectivity index (χ1) is 17.0. The summed E-state index contributed by atoms with van der Waals surface area (Å²) in [5.74, 6) is -1.80. The molecule has 0 bridgehead atoms. The monoisotopic (exact) mass is 510 g/mol. The summed E-state index contributed by atoms with van der Waals surface area (Å²) in [7, 11) is 0. The van der Waals surface area contributed by atoms with Crippen molar-refractivity contribution in [1.82, 2.24) is 0 Å². The summed E-state index contributed by atoms with van der Waals surface area (Å²) in [4.78, 5) is 25.1. The SMILES string of the molecule is CC[C@H]1OC(=O)/C=C/[C@H](C)[C@@H](O)[C@@H](C)C[C@@H](C)C(=O)/C=C/C=C/[C@@H]1COC1OC(C)C(O)C(O)C1O. The predicted molar refractivity (Wildman–Crippen MR) is 133 cm³/mol. The molecule has 1 saturated heterocycles. The molecular weight excluding hydrogens is 468 g/mol. The maximum atomic E-state index is 12.6. The minimum atomic E-state index is -1.45. The van der Waals surface area contributed by atoms with Crippen LogP contribution in [0.25, 0.3) is 0 Å². The highest BCUT2D eigenvalue weighted by molar-refractivity contribution is 5.91. The predicted octanol–water partition coefficient (Wildman–Crippen LogP) is 1.68. The summed E-state index contributed by atoms with van der Waals surface area (Å²) >= 11 is 0. The van der Waals surface area contributed by atoms with Crippen molar-refractivity contribution in [2.24, 2.45) is 23.7 Å². The number of rotatable bonds is 4. The second-order valence-electron chi connectivity index (χ2n) is 10.0. The minimum Gasteiger partial charge on any atom is -0.459 e. The van der Waals surface area contributed by atoms with Gasteiger partial charge in [0.05, 0.1) is 18.8 Å². The summed E-state index contributed by atoms with van der Waals surface area (Å²) < 4.78 is 16.9. The van der Waals surface area contributed by atoms with Gasteiger partial charge in [-0.05, 0) is 31.8 Å². The van der Waals surface area contributed by atoms with E-state index in [1.807, 2.05) is 20.8 Å². The van der Waals surface area contributed by atoms with Gasteiger partial charge in [0.15, 0.2) is 12.1 Å². The summed E-state index contributed by atoms with van der Waals surface area (Å²) in [6, 6.07) is 0. The number of aliphatic hydroxyl groups excluding tert-OH is 4. The Morgan fingerprint density at radius 2 is 1.61 bits per heavy atom. The fourth-order valence-corrected chi connectivity index (χ4v) is 4.50. The molecule has 2 heterocycles. The summed E-state index contributed by atoms with van der Waals surface area (Å²) in [5.41, 5.74) is 0. The van der Waals surface area contributed by atoms with E-state index in [0.717, 1.165) is 0 Å². The number of ketones is 1. The van der Waals surface area contributed by atoms with Crippen molar-refractivity contribution in [3.8, 4) is 0 Å². The van der Waals surface area contributed by atoms with E-state index in [9.17, 15) is 30.0 Å². The third kappa shape index (κ3) is 8.33. The van der Waals surface area contributed by atoms with E-state index in [4.69, 9.17) is 14.2 Å². The van der Waals surface area contributed by atoms with Crippen molar-refractivity contribution in [1.29, 1.82) is 0 Å². The molecule has 204 valence electrons. The van der Waals surface area contributed by atoms with Gasteiger partial charge in [-0.3, -0.25) is 4.79 Å². The Kier molecular flexibility index (Phi) is 11.9. The highest BCUT2D eigenvalue weighted by Crippen LogP contribution is 2.25. The van der Waals surface area contributed by atoms with Gasteiger partial charge in [-0.25, -0.2) is 4.79 Å². The van der Waals surface area contributed by atoms with Crippen LogP contribution in [0.5, 0.6) is 0 Å². The molecule has 9 heteroatoms. The molecule has 0 radical (unpaired) electrons. The highest BCUT2D eigenvalue weighted by atomic mass is 16.7. The Morgan fingerprint density at radius 3 is 2.28 bits per heavy atom. The van der Waals surface area contributed by atoms with Gasteiger partial charge >= 0.3 is 5.97 Å². The Hall–Kier alpha value is -1.88.